The molecule has 0 bridgehead atoms. The number of hydrogen-bond donors (Lipinski definition) is 2. The lowest BCUT2D eigenvalue weighted by atomic mass is 10.1. The molecule has 19 heavy (non-hydrogen) atoms. The summed E-state index contributed by atoms with van der Waals surface area (Å²) in [5, 5.41) is 6.31. The fourth-order valence-corrected chi connectivity index (χ4v) is 2.05. The summed E-state index contributed by atoms with van der Waals surface area (Å²) >= 11 is 0. The highest BCUT2D eigenvalue weighted by Crippen LogP contribution is 2.16. The van der Waals surface area contributed by atoms with Gasteiger partial charge in [0.2, 0.25) is 5.91 Å². The summed E-state index contributed by atoms with van der Waals surface area (Å²) < 4.78 is 0. The molecule has 1 aliphatic heterocycles. The van der Waals surface area contributed by atoms with Gasteiger partial charge in [-0.2, -0.15) is 0 Å². The lowest BCUT2D eigenvalue weighted by Gasteiger charge is -2.28. The molecule has 0 radical (unpaired) electrons. The number of rotatable bonds is 3. The van der Waals surface area contributed by atoms with E-state index in [1.165, 1.54) is 5.56 Å². The molecule has 0 unspecified atom stereocenters. The summed E-state index contributed by atoms with van der Waals surface area (Å²) in [4.78, 5) is 13.5. The molecule has 4 nitrogen and oxygen atoms in total. The average Bonchev–Trinajstić information content (AvgIpc) is 2.36. The van der Waals surface area contributed by atoms with Crippen molar-refractivity contribution in [2.45, 2.75) is 32.9 Å². The van der Waals surface area contributed by atoms with Gasteiger partial charge in [0.25, 0.3) is 0 Å². The van der Waals surface area contributed by atoms with Gasteiger partial charge in [-0.25, -0.2) is 0 Å². The normalized spacial score (nSPS) is 16.4. The highest BCUT2D eigenvalue weighted by atomic mass is 16.2. The second-order valence-corrected chi connectivity index (χ2v) is 6.04. The van der Waals surface area contributed by atoms with E-state index in [1.54, 1.807) is 0 Å². The van der Waals surface area contributed by atoms with Gasteiger partial charge in [0.15, 0.2) is 0 Å². The van der Waals surface area contributed by atoms with Crippen LogP contribution >= 0.6 is 0 Å². The van der Waals surface area contributed by atoms with Crippen molar-refractivity contribution >= 4 is 11.6 Å². The van der Waals surface area contributed by atoms with Gasteiger partial charge in [-0.1, -0.05) is 12.1 Å². The van der Waals surface area contributed by atoms with E-state index in [0.29, 0.717) is 6.54 Å². The molecule has 4 heteroatoms. The van der Waals surface area contributed by atoms with Gasteiger partial charge in [0.05, 0.1) is 6.54 Å². The molecule has 1 amide bonds. The summed E-state index contributed by atoms with van der Waals surface area (Å²) in [6.45, 7) is 9.41. The van der Waals surface area contributed by atoms with Gasteiger partial charge < -0.3 is 15.5 Å². The summed E-state index contributed by atoms with van der Waals surface area (Å²) in [5.41, 5.74) is 2.51. The molecule has 0 spiro atoms. The molecule has 1 heterocycles. The number of benzene rings is 1. The number of carbonyl (C=O) groups is 1. The molecule has 0 aromatic heterocycles. The van der Waals surface area contributed by atoms with Crippen molar-refractivity contribution < 1.29 is 4.79 Å². The van der Waals surface area contributed by atoms with E-state index in [2.05, 4.69) is 60.6 Å². The third-order valence-electron chi connectivity index (χ3n) is 3.16. The first-order chi connectivity index (χ1) is 8.94. The molecule has 1 saturated heterocycles. The van der Waals surface area contributed by atoms with Crippen molar-refractivity contribution in [1.29, 1.82) is 0 Å². The van der Waals surface area contributed by atoms with Crippen LogP contribution in [-0.4, -0.2) is 31.1 Å². The Kier molecular flexibility index (Phi) is 4.10. The van der Waals surface area contributed by atoms with E-state index in [4.69, 9.17) is 0 Å². The summed E-state index contributed by atoms with van der Waals surface area (Å²) in [5.74, 6) is 0.102. The molecule has 0 aliphatic carbocycles. The number of nitrogens with zero attached hydrogens (tertiary/aromatic N) is 1. The third-order valence-corrected chi connectivity index (χ3v) is 3.16. The molecule has 1 fully saturated rings. The first-order valence-corrected chi connectivity index (χ1v) is 6.80. The zero-order chi connectivity index (χ0) is 13.9. The Balaban J connectivity index is 1.96. The van der Waals surface area contributed by atoms with Gasteiger partial charge in [-0.3, -0.25) is 4.79 Å². The number of nitrogens with one attached hydrogen (secondary N) is 2. The van der Waals surface area contributed by atoms with Crippen molar-refractivity contribution in [2.75, 3.05) is 24.5 Å². The first kappa shape index (κ1) is 13.9. The highest BCUT2D eigenvalue weighted by Gasteiger charge is 2.16. The quantitative estimate of drug-likeness (QED) is 0.867. The molecule has 2 N–H and O–H groups in total. The molecular weight excluding hydrogens is 238 g/mol. The summed E-state index contributed by atoms with van der Waals surface area (Å²) in [7, 11) is 0. The Bertz CT molecular complexity index is 434. The molecule has 1 aliphatic rings. The fourth-order valence-electron chi connectivity index (χ4n) is 2.05. The van der Waals surface area contributed by atoms with Crippen molar-refractivity contribution in [3.05, 3.63) is 29.8 Å². The molecule has 0 atom stereocenters. The van der Waals surface area contributed by atoms with Crippen LogP contribution in [0.3, 0.4) is 0 Å². The molecule has 1 aromatic carbocycles. The van der Waals surface area contributed by atoms with Crippen LogP contribution in [0.1, 0.15) is 26.3 Å². The van der Waals surface area contributed by atoms with Gasteiger partial charge in [0.1, 0.15) is 0 Å². The maximum atomic E-state index is 11.4. The summed E-state index contributed by atoms with van der Waals surface area (Å²) in [6.07, 6.45) is 0. The van der Waals surface area contributed by atoms with Crippen molar-refractivity contribution in [3.8, 4) is 0 Å². The minimum atomic E-state index is 0.102. The topological polar surface area (TPSA) is 44.4 Å². The monoisotopic (exact) mass is 261 g/mol. The van der Waals surface area contributed by atoms with E-state index in [0.717, 1.165) is 25.3 Å². The highest BCUT2D eigenvalue weighted by molar-refractivity contribution is 5.82. The second kappa shape index (κ2) is 5.61. The number of hydrogen-bond acceptors (Lipinski definition) is 3. The number of carbonyl (C=O) groups excluding carboxylic acids is 1. The number of anilines is 1. The van der Waals surface area contributed by atoms with Crippen LogP contribution in [0.5, 0.6) is 0 Å². The maximum Gasteiger partial charge on any atom is 0.239 e. The van der Waals surface area contributed by atoms with Crippen LogP contribution in [0.4, 0.5) is 5.69 Å². The van der Waals surface area contributed by atoms with E-state index in [9.17, 15) is 4.79 Å². The van der Waals surface area contributed by atoms with Crippen LogP contribution in [-0.2, 0) is 11.3 Å². The standard InChI is InChI=1S/C15H23N3O/c1-15(2,3)17-10-12-4-6-13(7-5-12)18-9-8-16-14(19)11-18/h4-7,17H,8-11H2,1-3H3,(H,16,19). The van der Waals surface area contributed by atoms with Crippen molar-refractivity contribution in [1.82, 2.24) is 10.6 Å². The van der Waals surface area contributed by atoms with Crippen LogP contribution in [0.15, 0.2) is 24.3 Å². The van der Waals surface area contributed by atoms with Crippen LogP contribution < -0.4 is 15.5 Å². The Morgan fingerprint density at radius 2 is 1.95 bits per heavy atom. The smallest absolute Gasteiger partial charge is 0.239 e. The first-order valence-electron chi connectivity index (χ1n) is 6.80. The van der Waals surface area contributed by atoms with E-state index in [-0.39, 0.29) is 11.4 Å². The minimum Gasteiger partial charge on any atom is -0.360 e. The number of piperazine rings is 1. The van der Waals surface area contributed by atoms with Crippen LogP contribution in [0.25, 0.3) is 0 Å². The third kappa shape index (κ3) is 4.24. The Hall–Kier alpha value is -1.55. The fraction of sp³-hybridized carbons (Fsp3) is 0.533. The number of amides is 1. The zero-order valence-corrected chi connectivity index (χ0v) is 12.0. The Morgan fingerprint density at radius 1 is 1.26 bits per heavy atom. The second-order valence-electron chi connectivity index (χ2n) is 6.04. The van der Waals surface area contributed by atoms with Crippen molar-refractivity contribution in [2.24, 2.45) is 0 Å². The van der Waals surface area contributed by atoms with E-state index < -0.39 is 0 Å². The molecule has 2 rings (SSSR count). The SMILES string of the molecule is CC(C)(C)NCc1ccc(N2CCNC(=O)C2)cc1. The van der Waals surface area contributed by atoms with Gasteiger partial charge >= 0.3 is 0 Å². The molecular formula is C15H23N3O. The molecule has 0 saturated carbocycles. The average molecular weight is 261 g/mol. The van der Waals surface area contributed by atoms with Gasteiger partial charge in [-0.05, 0) is 38.5 Å². The Labute approximate surface area is 115 Å². The van der Waals surface area contributed by atoms with E-state index in [1.807, 2.05) is 0 Å². The van der Waals surface area contributed by atoms with Gasteiger partial charge in [-0.15, -0.1) is 0 Å². The van der Waals surface area contributed by atoms with Crippen LogP contribution in [0.2, 0.25) is 0 Å². The summed E-state index contributed by atoms with van der Waals surface area (Å²) in [6, 6.07) is 8.44. The van der Waals surface area contributed by atoms with Crippen LogP contribution in [0, 0.1) is 0 Å². The maximum absolute atomic E-state index is 11.4. The van der Waals surface area contributed by atoms with Gasteiger partial charge in [0, 0.05) is 30.9 Å². The zero-order valence-electron chi connectivity index (χ0n) is 12.0. The van der Waals surface area contributed by atoms with Crippen molar-refractivity contribution in [3.63, 3.8) is 0 Å². The largest absolute Gasteiger partial charge is 0.360 e. The minimum absolute atomic E-state index is 0.102. The predicted molar refractivity (Wildman–Crippen MR) is 78.3 cm³/mol. The van der Waals surface area contributed by atoms with E-state index >= 15 is 0 Å². The predicted octanol–water partition coefficient (Wildman–Crippen LogP) is 1.51. The Morgan fingerprint density at radius 3 is 2.53 bits per heavy atom. The molecule has 1 aromatic rings. The lowest BCUT2D eigenvalue weighted by molar-refractivity contribution is -0.120. The molecule has 104 valence electrons. The lowest BCUT2D eigenvalue weighted by Crippen LogP contribution is -2.47.